The van der Waals surface area contributed by atoms with Gasteiger partial charge in [0.1, 0.15) is 5.75 Å². The van der Waals surface area contributed by atoms with Gasteiger partial charge in [0.15, 0.2) is 0 Å². The van der Waals surface area contributed by atoms with Crippen LogP contribution in [0.5, 0.6) is 5.75 Å². The highest BCUT2D eigenvalue weighted by Crippen LogP contribution is 2.19. The molecular weight excluding hydrogens is 356 g/mol. The van der Waals surface area contributed by atoms with Crippen molar-refractivity contribution in [2.75, 3.05) is 12.4 Å². The maximum Gasteiger partial charge on any atom is 0.322 e. The van der Waals surface area contributed by atoms with Crippen molar-refractivity contribution in [2.24, 2.45) is 0 Å². The Kier molecular flexibility index (Phi) is 6.49. The highest BCUT2D eigenvalue weighted by Gasteiger charge is 2.21. The summed E-state index contributed by atoms with van der Waals surface area (Å²) in [6.07, 6.45) is 0.834. The lowest BCUT2D eigenvalue weighted by molar-refractivity contribution is 0.188. The number of hydrogen-bond acceptors (Lipinski definition) is 3. The molecule has 0 fully saturated rings. The minimum Gasteiger partial charge on any atom is -0.497 e. The Hall–Kier alpha value is -2.79. The maximum atomic E-state index is 13.0. The van der Waals surface area contributed by atoms with Crippen LogP contribution in [0.4, 0.5) is 10.5 Å². The van der Waals surface area contributed by atoms with Crippen molar-refractivity contribution in [1.29, 1.82) is 0 Å². The summed E-state index contributed by atoms with van der Waals surface area (Å²) in [4.78, 5) is 16.2. The fraction of sp³-hybridized carbons (Fsp3) is 0.227. The molecule has 0 aliphatic heterocycles. The van der Waals surface area contributed by atoms with Crippen LogP contribution in [-0.4, -0.2) is 24.1 Å². The molecule has 0 spiro atoms. The molecular formula is C22H24N2O2S. The molecule has 1 N–H and O–H groups in total. The molecule has 5 heteroatoms. The van der Waals surface area contributed by atoms with E-state index >= 15 is 0 Å². The second-order valence-electron chi connectivity index (χ2n) is 6.40. The molecule has 140 valence electrons. The molecule has 3 aromatic rings. The summed E-state index contributed by atoms with van der Waals surface area (Å²) in [5.74, 6) is 0.764. The third-order valence-electron chi connectivity index (χ3n) is 4.41. The summed E-state index contributed by atoms with van der Waals surface area (Å²) in [7, 11) is 1.63. The second kappa shape index (κ2) is 9.24. The van der Waals surface area contributed by atoms with Gasteiger partial charge in [0.2, 0.25) is 0 Å². The number of urea groups is 1. The first-order chi connectivity index (χ1) is 13.2. The van der Waals surface area contributed by atoms with Crippen LogP contribution in [0.25, 0.3) is 0 Å². The highest BCUT2D eigenvalue weighted by molar-refractivity contribution is 7.09. The van der Waals surface area contributed by atoms with Crippen LogP contribution in [-0.2, 0) is 13.0 Å². The molecule has 2 aromatic carbocycles. The van der Waals surface area contributed by atoms with Crippen molar-refractivity contribution in [3.8, 4) is 5.75 Å². The van der Waals surface area contributed by atoms with Gasteiger partial charge < -0.3 is 15.0 Å². The predicted molar refractivity (Wildman–Crippen MR) is 111 cm³/mol. The van der Waals surface area contributed by atoms with E-state index in [0.29, 0.717) is 6.54 Å². The monoisotopic (exact) mass is 380 g/mol. The normalized spacial score (nSPS) is 11.6. The number of thiophene rings is 1. The predicted octanol–water partition coefficient (Wildman–Crippen LogP) is 5.42. The molecule has 0 radical (unpaired) electrons. The van der Waals surface area contributed by atoms with E-state index in [4.69, 9.17) is 4.74 Å². The highest BCUT2D eigenvalue weighted by atomic mass is 32.1. The lowest BCUT2D eigenvalue weighted by Gasteiger charge is -2.29. The van der Waals surface area contributed by atoms with Gasteiger partial charge in [-0.15, -0.1) is 11.3 Å². The van der Waals surface area contributed by atoms with Crippen molar-refractivity contribution < 1.29 is 9.53 Å². The van der Waals surface area contributed by atoms with Gasteiger partial charge in [-0.05, 0) is 48.2 Å². The smallest absolute Gasteiger partial charge is 0.322 e. The summed E-state index contributed by atoms with van der Waals surface area (Å²) in [6.45, 7) is 2.66. The van der Waals surface area contributed by atoms with Gasteiger partial charge in [-0.2, -0.15) is 0 Å². The van der Waals surface area contributed by atoms with E-state index in [9.17, 15) is 4.79 Å². The van der Waals surface area contributed by atoms with Crippen LogP contribution in [0.2, 0.25) is 0 Å². The Morgan fingerprint density at radius 1 is 1.07 bits per heavy atom. The number of rotatable bonds is 7. The van der Waals surface area contributed by atoms with E-state index in [1.54, 1.807) is 18.4 Å². The number of benzene rings is 2. The first-order valence-electron chi connectivity index (χ1n) is 8.93. The van der Waals surface area contributed by atoms with E-state index in [0.717, 1.165) is 23.4 Å². The zero-order valence-corrected chi connectivity index (χ0v) is 16.4. The molecule has 2 amide bonds. The van der Waals surface area contributed by atoms with Gasteiger partial charge in [0.25, 0.3) is 0 Å². The van der Waals surface area contributed by atoms with Gasteiger partial charge in [0, 0.05) is 29.6 Å². The van der Waals surface area contributed by atoms with Crippen molar-refractivity contribution in [1.82, 2.24) is 4.90 Å². The number of nitrogens with one attached hydrogen (secondary N) is 1. The first-order valence-corrected chi connectivity index (χ1v) is 9.81. The summed E-state index contributed by atoms with van der Waals surface area (Å²) >= 11 is 1.72. The third kappa shape index (κ3) is 5.34. The number of ether oxygens (including phenoxy) is 1. The molecule has 0 saturated heterocycles. The average molecular weight is 381 g/mol. The Morgan fingerprint density at radius 3 is 2.44 bits per heavy atom. The largest absolute Gasteiger partial charge is 0.497 e. The van der Waals surface area contributed by atoms with E-state index in [1.165, 1.54) is 4.88 Å². The lowest BCUT2D eigenvalue weighted by atomic mass is 10.1. The van der Waals surface area contributed by atoms with E-state index in [2.05, 4.69) is 23.7 Å². The van der Waals surface area contributed by atoms with Crippen molar-refractivity contribution in [2.45, 2.75) is 25.9 Å². The average Bonchev–Trinajstić information content (AvgIpc) is 3.20. The minimum atomic E-state index is -0.104. The number of hydrogen-bond donors (Lipinski definition) is 1. The zero-order chi connectivity index (χ0) is 19.1. The molecule has 0 saturated carbocycles. The Bertz CT molecular complexity index is 833. The van der Waals surface area contributed by atoms with Gasteiger partial charge in [-0.1, -0.05) is 36.4 Å². The van der Waals surface area contributed by atoms with Crippen LogP contribution >= 0.6 is 11.3 Å². The summed E-state index contributed by atoms with van der Waals surface area (Å²) in [5, 5.41) is 5.08. The van der Waals surface area contributed by atoms with Crippen LogP contribution in [0, 0.1) is 0 Å². The number of anilines is 1. The number of nitrogens with zero attached hydrogens (tertiary/aromatic N) is 1. The Morgan fingerprint density at radius 2 is 1.81 bits per heavy atom. The number of carbonyl (C=O) groups excluding carboxylic acids is 1. The van der Waals surface area contributed by atoms with Crippen molar-refractivity contribution >= 4 is 23.1 Å². The van der Waals surface area contributed by atoms with Crippen LogP contribution in [0.3, 0.4) is 0 Å². The third-order valence-corrected chi connectivity index (χ3v) is 5.31. The number of carbonyl (C=O) groups is 1. The molecule has 1 unspecified atom stereocenters. The van der Waals surface area contributed by atoms with Gasteiger partial charge in [0.05, 0.1) is 7.11 Å². The van der Waals surface area contributed by atoms with Gasteiger partial charge >= 0.3 is 6.03 Å². The Balaban J connectivity index is 1.75. The number of methoxy groups -OCH3 is 1. The summed E-state index contributed by atoms with van der Waals surface area (Å²) < 4.78 is 5.18. The standard InChI is InChI=1S/C22H24N2O2S/c1-17(15-21-9-6-14-27-21)24(16-18-7-4-3-5-8-18)22(25)23-19-10-12-20(26-2)13-11-19/h3-14,17H,15-16H2,1-2H3,(H,23,25). The van der Waals surface area contributed by atoms with Crippen LogP contribution < -0.4 is 10.1 Å². The summed E-state index contributed by atoms with van der Waals surface area (Å²) in [6, 6.07) is 21.6. The SMILES string of the molecule is COc1ccc(NC(=O)N(Cc2ccccc2)C(C)Cc2cccs2)cc1. The molecule has 0 aliphatic carbocycles. The fourth-order valence-corrected chi connectivity index (χ4v) is 3.73. The Labute approximate surface area is 164 Å². The summed E-state index contributed by atoms with van der Waals surface area (Å²) in [5.41, 5.74) is 1.86. The van der Waals surface area contributed by atoms with E-state index < -0.39 is 0 Å². The quantitative estimate of drug-likeness (QED) is 0.594. The fourth-order valence-electron chi connectivity index (χ4n) is 2.91. The molecule has 1 heterocycles. The molecule has 1 atom stereocenters. The maximum absolute atomic E-state index is 13.0. The van der Waals surface area contributed by atoms with Crippen molar-refractivity contribution in [3.63, 3.8) is 0 Å². The van der Waals surface area contributed by atoms with Crippen molar-refractivity contribution in [3.05, 3.63) is 82.6 Å². The molecule has 3 rings (SSSR count). The van der Waals surface area contributed by atoms with Gasteiger partial charge in [-0.3, -0.25) is 0 Å². The van der Waals surface area contributed by atoms with Gasteiger partial charge in [-0.25, -0.2) is 4.79 Å². The molecule has 4 nitrogen and oxygen atoms in total. The van der Waals surface area contributed by atoms with E-state index in [1.807, 2.05) is 65.6 Å². The van der Waals surface area contributed by atoms with Crippen LogP contribution in [0.1, 0.15) is 17.4 Å². The second-order valence-corrected chi connectivity index (χ2v) is 7.44. The van der Waals surface area contributed by atoms with E-state index in [-0.39, 0.29) is 12.1 Å². The molecule has 0 aliphatic rings. The molecule has 27 heavy (non-hydrogen) atoms. The molecule has 1 aromatic heterocycles. The lowest BCUT2D eigenvalue weighted by Crippen LogP contribution is -2.41. The molecule has 0 bridgehead atoms. The minimum absolute atomic E-state index is 0.0714. The number of amides is 2. The van der Waals surface area contributed by atoms with Crippen LogP contribution in [0.15, 0.2) is 72.1 Å². The topological polar surface area (TPSA) is 41.6 Å². The zero-order valence-electron chi connectivity index (χ0n) is 15.6. The first kappa shape index (κ1) is 19.0.